The minimum absolute atomic E-state index is 0.200. The normalized spacial score (nSPS) is 12.7. The number of nitrogens with one attached hydrogen (secondary N) is 2. The number of likely N-dealkylation sites (N-methyl/N-ethyl adjacent to an activating group) is 1. The van der Waals surface area contributed by atoms with E-state index in [9.17, 15) is 4.79 Å². The summed E-state index contributed by atoms with van der Waals surface area (Å²) < 4.78 is 5.12. The van der Waals surface area contributed by atoms with Gasteiger partial charge in [0.25, 0.3) is 5.91 Å². The van der Waals surface area contributed by atoms with E-state index in [0.29, 0.717) is 18.2 Å². The molecule has 1 aromatic rings. The van der Waals surface area contributed by atoms with Gasteiger partial charge in [-0.25, -0.2) is 0 Å². The molecular weight excluding hydrogens is 242 g/mol. The minimum Gasteiger partial charge on any atom is -0.351 e. The van der Waals surface area contributed by atoms with Crippen molar-refractivity contribution in [1.82, 2.24) is 15.8 Å². The highest BCUT2D eigenvalue weighted by atomic mass is 16.5. The molecule has 5 nitrogen and oxygen atoms in total. The first-order valence-electron chi connectivity index (χ1n) is 7.10. The van der Waals surface area contributed by atoms with Crippen LogP contribution in [0, 0.1) is 0 Å². The zero-order chi connectivity index (χ0) is 14.3. The molecule has 0 aliphatic heterocycles. The highest BCUT2D eigenvalue weighted by Gasteiger charge is 2.17. The Labute approximate surface area is 115 Å². The average Bonchev–Trinajstić information content (AvgIpc) is 2.87. The molecule has 0 fully saturated rings. The number of rotatable bonds is 8. The summed E-state index contributed by atoms with van der Waals surface area (Å²) >= 11 is 0. The van der Waals surface area contributed by atoms with Crippen molar-refractivity contribution in [3.05, 3.63) is 17.5 Å². The molecule has 0 unspecified atom stereocenters. The lowest BCUT2D eigenvalue weighted by Crippen LogP contribution is -2.38. The van der Waals surface area contributed by atoms with Crippen molar-refractivity contribution in [2.75, 3.05) is 13.1 Å². The molecular formula is C14H25N3O2. The Hall–Kier alpha value is -1.36. The zero-order valence-corrected chi connectivity index (χ0v) is 12.3. The fourth-order valence-electron chi connectivity index (χ4n) is 2.05. The first kappa shape index (κ1) is 15.7. The summed E-state index contributed by atoms with van der Waals surface area (Å²) in [6.07, 6.45) is 2.00. The fraction of sp³-hybridized carbons (Fsp3) is 0.714. The van der Waals surface area contributed by atoms with Crippen molar-refractivity contribution in [3.8, 4) is 0 Å². The van der Waals surface area contributed by atoms with Gasteiger partial charge in [-0.1, -0.05) is 25.9 Å². The van der Waals surface area contributed by atoms with Crippen LogP contribution >= 0.6 is 0 Å². The molecule has 0 saturated heterocycles. The lowest BCUT2D eigenvalue weighted by atomic mass is 9.99. The molecule has 0 bridgehead atoms. The molecule has 1 amide bonds. The summed E-state index contributed by atoms with van der Waals surface area (Å²) in [7, 11) is 0. The monoisotopic (exact) mass is 267 g/mol. The summed E-state index contributed by atoms with van der Waals surface area (Å²) in [5.74, 6) is 0.464. The summed E-state index contributed by atoms with van der Waals surface area (Å²) in [6, 6.07) is 2.00. The Bertz CT molecular complexity index is 386. The Kier molecular flexibility index (Phi) is 6.56. The van der Waals surface area contributed by atoms with E-state index in [1.54, 1.807) is 6.07 Å². The second-order valence-electron chi connectivity index (χ2n) is 4.80. The lowest BCUT2D eigenvalue weighted by Gasteiger charge is -2.12. The number of hydrogen-bond acceptors (Lipinski definition) is 4. The maximum absolute atomic E-state index is 11.9. The molecule has 0 aromatic carbocycles. The fourth-order valence-corrected chi connectivity index (χ4v) is 2.05. The third-order valence-electron chi connectivity index (χ3n) is 3.28. The summed E-state index contributed by atoms with van der Waals surface area (Å²) in [6.45, 7) is 9.75. The van der Waals surface area contributed by atoms with Gasteiger partial charge in [0, 0.05) is 24.6 Å². The molecule has 5 heteroatoms. The quantitative estimate of drug-likeness (QED) is 0.758. The Balaban J connectivity index is 2.53. The van der Waals surface area contributed by atoms with Gasteiger partial charge in [-0.2, -0.15) is 0 Å². The molecule has 1 rings (SSSR count). The van der Waals surface area contributed by atoms with Gasteiger partial charge >= 0.3 is 0 Å². The average molecular weight is 267 g/mol. The van der Waals surface area contributed by atoms with Crippen molar-refractivity contribution in [3.63, 3.8) is 0 Å². The molecule has 19 heavy (non-hydrogen) atoms. The van der Waals surface area contributed by atoms with E-state index in [0.717, 1.165) is 25.1 Å². The van der Waals surface area contributed by atoms with Crippen molar-refractivity contribution in [2.24, 2.45) is 0 Å². The van der Waals surface area contributed by atoms with E-state index >= 15 is 0 Å². The van der Waals surface area contributed by atoms with Gasteiger partial charge in [-0.3, -0.25) is 4.79 Å². The van der Waals surface area contributed by atoms with Crippen LogP contribution < -0.4 is 10.6 Å². The van der Waals surface area contributed by atoms with Gasteiger partial charge in [0.2, 0.25) is 5.76 Å². The van der Waals surface area contributed by atoms with Gasteiger partial charge in [0.15, 0.2) is 0 Å². The SMILES string of the molecule is CCN[C@H](C)CNC(=O)c1cc(C(CC)CC)no1. The lowest BCUT2D eigenvalue weighted by molar-refractivity contribution is 0.0913. The Morgan fingerprint density at radius 1 is 1.37 bits per heavy atom. The summed E-state index contributed by atoms with van der Waals surface area (Å²) in [5.41, 5.74) is 0.870. The number of carbonyl (C=O) groups is 1. The van der Waals surface area contributed by atoms with E-state index in [1.165, 1.54) is 0 Å². The highest BCUT2D eigenvalue weighted by Crippen LogP contribution is 2.22. The predicted octanol–water partition coefficient (Wildman–Crippen LogP) is 2.31. The zero-order valence-electron chi connectivity index (χ0n) is 12.3. The standard InChI is InChI=1S/C14H25N3O2/c1-5-11(6-2)12-8-13(19-17-12)14(18)16-9-10(4)15-7-3/h8,10-11,15H,5-7,9H2,1-4H3,(H,16,18)/t10-/m1/s1. The number of nitrogens with zero attached hydrogens (tertiary/aromatic N) is 1. The van der Waals surface area contributed by atoms with Crippen LogP contribution in [0.4, 0.5) is 0 Å². The van der Waals surface area contributed by atoms with Crippen molar-refractivity contribution < 1.29 is 9.32 Å². The molecule has 0 spiro atoms. The molecule has 108 valence electrons. The van der Waals surface area contributed by atoms with Gasteiger partial charge < -0.3 is 15.2 Å². The number of hydrogen-bond donors (Lipinski definition) is 2. The molecule has 1 heterocycles. The Morgan fingerprint density at radius 2 is 2.05 bits per heavy atom. The largest absolute Gasteiger partial charge is 0.351 e. The second kappa shape index (κ2) is 7.94. The second-order valence-corrected chi connectivity index (χ2v) is 4.80. The molecule has 1 atom stereocenters. The van der Waals surface area contributed by atoms with Crippen LogP contribution in [-0.4, -0.2) is 30.2 Å². The molecule has 0 radical (unpaired) electrons. The van der Waals surface area contributed by atoms with Crippen LogP contribution in [0.1, 0.15) is 62.7 Å². The van der Waals surface area contributed by atoms with Crippen molar-refractivity contribution in [1.29, 1.82) is 0 Å². The minimum atomic E-state index is -0.200. The van der Waals surface area contributed by atoms with Crippen LogP contribution in [-0.2, 0) is 0 Å². The van der Waals surface area contributed by atoms with E-state index < -0.39 is 0 Å². The predicted molar refractivity (Wildman–Crippen MR) is 75.3 cm³/mol. The topological polar surface area (TPSA) is 67.2 Å². The van der Waals surface area contributed by atoms with Gasteiger partial charge in [0.05, 0.1) is 5.69 Å². The van der Waals surface area contributed by atoms with E-state index in [2.05, 4.69) is 29.6 Å². The van der Waals surface area contributed by atoms with E-state index in [-0.39, 0.29) is 11.9 Å². The first-order valence-corrected chi connectivity index (χ1v) is 7.10. The maximum atomic E-state index is 11.9. The molecule has 2 N–H and O–H groups in total. The van der Waals surface area contributed by atoms with E-state index in [4.69, 9.17) is 4.52 Å². The van der Waals surface area contributed by atoms with Gasteiger partial charge in [-0.05, 0) is 26.3 Å². The molecule has 0 aliphatic carbocycles. The molecule has 1 aromatic heterocycles. The van der Waals surface area contributed by atoms with Gasteiger partial charge in [0.1, 0.15) is 0 Å². The third kappa shape index (κ3) is 4.67. The van der Waals surface area contributed by atoms with Crippen LogP contribution in [0.3, 0.4) is 0 Å². The number of amides is 1. The number of carbonyl (C=O) groups excluding carboxylic acids is 1. The molecule has 0 aliphatic rings. The third-order valence-corrected chi connectivity index (χ3v) is 3.28. The van der Waals surface area contributed by atoms with Crippen LogP contribution in [0.5, 0.6) is 0 Å². The van der Waals surface area contributed by atoms with Crippen molar-refractivity contribution in [2.45, 2.75) is 52.5 Å². The highest BCUT2D eigenvalue weighted by molar-refractivity contribution is 5.91. The van der Waals surface area contributed by atoms with E-state index in [1.807, 2.05) is 13.8 Å². The van der Waals surface area contributed by atoms with Crippen molar-refractivity contribution >= 4 is 5.91 Å². The van der Waals surface area contributed by atoms with Crippen LogP contribution in [0.25, 0.3) is 0 Å². The van der Waals surface area contributed by atoms with Crippen LogP contribution in [0.15, 0.2) is 10.6 Å². The Morgan fingerprint density at radius 3 is 2.63 bits per heavy atom. The smallest absolute Gasteiger partial charge is 0.289 e. The van der Waals surface area contributed by atoms with Gasteiger partial charge in [-0.15, -0.1) is 0 Å². The maximum Gasteiger partial charge on any atom is 0.289 e. The van der Waals surface area contributed by atoms with Crippen LogP contribution in [0.2, 0.25) is 0 Å². The number of aromatic nitrogens is 1. The first-order chi connectivity index (χ1) is 9.12. The summed E-state index contributed by atoms with van der Waals surface area (Å²) in [4.78, 5) is 11.9. The molecule has 0 saturated carbocycles. The summed E-state index contributed by atoms with van der Waals surface area (Å²) in [5, 5.41) is 10.1.